The Labute approximate surface area is 93.6 Å². The number of aryl methyl sites for hydroxylation is 1. The first-order valence-electron chi connectivity index (χ1n) is 5.09. The van der Waals surface area contributed by atoms with Gasteiger partial charge in [-0.15, -0.1) is 0 Å². The highest BCUT2D eigenvalue weighted by atomic mass is 16.7. The first kappa shape index (κ1) is 10.9. The number of fused-ring (bicyclic) bond motifs is 1. The summed E-state index contributed by atoms with van der Waals surface area (Å²) in [5.74, 6) is -0.109. The summed E-state index contributed by atoms with van der Waals surface area (Å²) in [6.45, 7) is 5.95. The van der Waals surface area contributed by atoms with E-state index in [1.54, 1.807) is 6.92 Å². The molecule has 86 valence electrons. The molecular weight excluding hydrogens is 208 g/mol. The highest BCUT2D eigenvalue weighted by Crippen LogP contribution is 2.32. The van der Waals surface area contributed by atoms with Crippen molar-refractivity contribution in [3.8, 4) is 5.75 Å². The smallest absolute Gasteiger partial charge is 0.271 e. The van der Waals surface area contributed by atoms with E-state index in [2.05, 4.69) is 4.98 Å². The van der Waals surface area contributed by atoms with Crippen molar-refractivity contribution in [3.05, 3.63) is 22.5 Å². The number of pyridine rings is 1. The summed E-state index contributed by atoms with van der Waals surface area (Å²) in [5.41, 5.74) is 8.08. The molecule has 1 aliphatic heterocycles. The van der Waals surface area contributed by atoms with Gasteiger partial charge in [0.25, 0.3) is 5.91 Å². The maximum absolute atomic E-state index is 11.3. The quantitative estimate of drug-likeness (QED) is 0.770. The first-order valence-corrected chi connectivity index (χ1v) is 5.09. The number of primary amides is 1. The lowest BCUT2D eigenvalue weighted by Crippen LogP contribution is -2.27. The molecule has 1 amide bonds. The molecule has 5 heteroatoms. The molecule has 1 aliphatic rings. The Bertz CT molecular complexity index is 457. The van der Waals surface area contributed by atoms with Crippen LogP contribution in [0.1, 0.15) is 34.2 Å². The zero-order valence-electron chi connectivity index (χ0n) is 9.53. The van der Waals surface area contributed by atoms with Crippen molar-refractivity contribution in [2.75, 3.05) is 0 Å². The Hall–Kier alpha value is -1.62. The van der Waals surface area contributed by atoms with Gasteiger partial charge in [0.2, 0.25) is 0 Å². The molecule has 0 aromatic carbocycles. The van der Waals surface area contributed by atoms with Crippen LogP contribution < -0.4 is 10.5 Å². The van der Waals surface area contributed by atoms with Crippen molar-refractivity contribution in [2.45, 2.75) is 33.7 Å². The van der Waals surface area contributed by atoms with Gasteiger partial charge in [0, 0.05) is 11.3 Å². The standard InChI is InChI=1S/C11H14N2O3/c1-5-6(2)13-9(11(12)14)10-8(5)4-15-7(3)16-10/h7H,4H2,1-3H3,(H2,12,14). The fraction of sp³-hybridized carbons (Fsp3) is 0.455. The molecule has 0 fully saturated rings. The van der Waals surface area contributed by atoms with Crippen molar-refractivity contribution in [3.63, 3.8) is 0 Å². The molecule has 2 heterocycles. The normalized spacial score (nSPS) is 18.8. The van der Waals surface area contributed by atoms with E-state index < -0.39 is 5.91 Å². The summed E-state index contributed by atoms with van der Waals surface area (Å²) in [7, 11) is 0. The highest BCUT2D eigenvalue weighted by Gasteiger charge is 2.26. The fourth-order valence-electron chi connectivity index (χ4n) is 1.70. The molecule has 0 spiro atoms. The number of nitrogens with zero attached hydrogens (tertiary/aromatic N) is 1. The van der Waals surface area contributed by atoms with E-state index in [1.807, 2.05) is 13.8 Å². The summed E-state index contributed by atoms with van der Waals surface area (Å²) in [6, 6.07) is 0. The van der Waals surface area contributed by atoms with Gasteiger partial charge >= 0.3 is 0 Å². The van der Waals surface area contributed by atoms with Crippen molar-refractivity contribution in [1.29, 1.82) is 0 Å². The molecule has 0 saturated heterocycles. The van der Waals surface area contributed by atoms with Crippen molar-refractivity contribution in [2.24, 2.45) is 5.73 Å². The Balaban J connectivity index is 2.64. The summed E-state index contributed by atoms with van der Waals surface area (Å²) in [5, 5.41) is 0. The molecule has 1 unspecified atom stereocenters. The van der Waals surface area contributed by atoms with Crippen LogP contribution in [0, 0.1) is 13.8 Å². The van der Waals surface area contributed by atoms with Gasteiger partial charge in [-0.3, -0.25) is 4.79 Å². The highest BCUT2D eigenvalue weighted by molar-refractivity contribution is 5.94. The van der Waals surface area contributed by atoms with Crippen LogP contribution in [0.4, 0.5) is 0 Å². The molecule has 2 rings (SSSR count). The summed E-state index contributed by atoms with van der Waals surface area (Å²) >= 11 is 0. The topological polar surface area (TPSA) is 74.4 Å². The van der Waals surface area contributed by atoms with E-state index in [-0.39, 0.29) is 12.0 Å². The number of aromatic nitrogens is 1. The third-order valence-electron chi connectivity index (χ3n) is 2.74. The second kappa shape index (κ2) is 3.75. The number of carbonyl (C=O) groups excluding carboxylic acids is 1. The molecule has 0 saturated carbocycles. The van der Waals surface area contributed by atoms with Crippen molar-refractivity contribution in [1.82, 2.24) is 4.98 Å². The average molecular weight is 222 g/mol. The van der Waals surface area contributed by atoms with Crippen molar-refractivity contribution < 1.29 is 14.3 Å². The zero-order chi connectivity index (χ0) is 11.9. The molecule has 0 radical (unpaired) electrons. The second-order valence-electron chi connectivity index (χ2n) is 3.84. The van der Waals surface area contributed by atoms with Gasteiger partial charge in [-0.05, 0) is 26.3 Å². The number of ether oxygens (including phenoxy) is 2. The van der Waals surface area contributed by atoms with E-state index in [4.69, 9.17) is 15.2 Å². The van der Waals surface area contributed by atoms with Gasteiger partial charge in [-0.2, -0.15) is 0 Å². The third kappa shape index (κ3) is 1.63. The van der Waals surface area contributed by atoms with Gasteiger partial charge in [0.15, 0.2) is 17.7 Å². The molecule has 2 N–H and O–H groups in total. The number of hydrogen-bond donors (Lipinski definition) is 1. The van der Waals surface area contributed by atoms with Gasteiger partial charge in [0.1, 0.15) is 0 Å². The molecule has 1 aromatic rings. The van der Waals surface area contributed by atoms with Crippen LogP contribution in [-0.2, 0) is 11.3 Å². The van der Waals surface area contributed by atoms with E-state index in [9.17, 15) is 4.79 Å². The molecule has 16 heavy (non-hydrogen) atoms. The largest absolute Gasteiger partial charge is 0.462 e. The van der Waals surface area contributed by atoms with Crippen LogP contribution in [0.2, 0.25) is 0 Å². The lowest BCUT2D eigenvalue weighted by Gasteiger charge is -2.26. The molecule has 1 aromatic heterocycles. The number of amides is 1. The Kier molecular flexibility index (Phi) is 2.55. The van der Waals surface area contributed by atoms with Crippen LogP contribution in [0.5, 0.6) is 5.75 Å². The molecular formula is C11H14N2O3. The minimum atomic E-state index is -0.576. The van der Waals surface area contributed by atoms with E-state index in [0.29, 0.717) is 12.4 Å². The van der Waals surface area contributed by atoms with Crippen LogP contribution in [0.15, 0.2) is 0 Å². The van der Waals surface area contributed by atoms with Crippen molar-refractivity contribution >= 4 is 5.91 Å². The van der Waals surface area contributed by atoms with Gasteiger partial charge in [0.05, 0.1) is 6.61 Å². The van der Waals surface area contributed by atoms with Crippen LogP contribution in [0.3, 0.4) is 0 Å². The predicted octanol–water partition coefficient (Wildman–Crippen LogP) is 1.05. The second-order valence-corrected chi connectivity index (χ2v) is 3.84. The number of carbonyl (C=O) groups is 1. The lowest BCUT2D eigenvalue weighted by molar-refractivity contribution is -0.0952. The zero-order valence-corrected chi connectivity index (χ0v) is 9.53. The Morgan fingerprint density at radius 1 is 1.50 bits per heavy atom. The summed E-state index contributed by atoms with van der Waals surface area (Å²) in [4.78, 5) is 15.4. The summed E-state index contributed by atoms with van der Waals surface area (Å²) in [6.07, 6.45) is -0.380. The molecule has 5 nitrogen and oxygen atoms in total. The van der Waals surface area contributed by atoms with E-state index in [1.165, 1.54) is 0 Å². The number of rotatable bonds is 1. The van der Waals surface area contributed by atoms with E-state index in [0.717, 1.165) is 16.8 Å². The maximum atomic E-state index is 11.3. The van der Waals surface area contributed by atoms with Crippen LogP contribution >= 0.6 is 0 Å². The summed E-state index contributed by atoms with van der Waals surface area (Å²) < 4.78 is 10.8. The molecule has 0 bridgehead atoms. The minimum absolute atomic E-state index is 0.188. The minimum Gasteiger partial charge on any atom is -0.462 e. The first-order chi connectivity index (χ1) is 7.50. The number of hydrogen-bond acceptors (Lipinski definition) is 4. The van der Waals surface area contributed by atoms with Gasteiger partial charge < -0.3 is 15.2 Å². The SMILES string of the molecule is Cc1nc(C(N)=O)c2c(c1C)COC(C)O2. The van der Waals surface area contributed by atoms with Gasteiger partial charge in [-0.1, -0.05) is 0 Å². The fourth-order valence-corrected chi connectivity index (χ4v) is 1.70. The molecule has 1 atom stereocenters. The average Bonchev–Trinajstić information content (AvgIpc) is 2.22. The lowest BCUT2D eigenvalue weighted by atomic mass is 10.0. The number of nitrogens with two attached hydrogens (primary N) is 1. The maximum Gasteiger partial charge on any atom is 0.271 e. The van der Waals surface area contributed by atoms with Crippen LogP contribution in [-0.4, -0.2) is 17.2 Å². The predicted molar refractivity (Wildman–Crippen MR) is 57.1 cm³/mol. The molecule has 0 aliphatic carbocycles. The van der Waals surface area contributed by atoms with Gasteiger partial charge in [-0.25, -0.2) is 4.98 Å². The van der Waals surface area contributed by atoms with E-state index >= 15 is 0 Å². The monoisotopic (exact) mass is 222 g/mol. The van der Waals surface area contributed by atoms with Crippen LogP contribution in [0.25, 0.3) is 0 Å². The Morgan fingerprint density at radius 3 is 2.81 bits per heavy atom. The third-order valence-corrected chi connectivity index (χ3v) is 2.74. The Morgan fingerprint density at radius 2 is 2.19 bits per heavy atom.